The number of amides is 1. The third-order valence-corrected chi connectivity index (χ3v) is 8.25. The number of nitrogens with zero attached hydrogens (tertiary/aromatic N) is 3. The van der Waals surface area contributed by atoms with E-state index in [0.717, 1.165) is 0 Å². The summed E-state index contributed by atoms with van der Waals surface area (Å²) in [6, 6.07) is 6.22. The summed E-state index contributed by atoms with van der Waals surface area (Å²) in [6.45, 7) is -0.350. The molecule has 2 aromatic heterocycles. The number of H-pyrrole nitrogens is 1. The average molecular weight is 596 g/mol. The topological polar surface area (TPSA) is 247 Å². The number of phosphoric acid groups is 1. The zero-order valence-corrected chi connectivity index (χ0v) is 22.4. The van der Waals surface area contributed by atoms with E-state index in [4.69, 9.17) is 15.0 Å². The summed E-state index contributed by atoms with van der Waals surface area (Å²) in [5.41, 5.74) is 5.80. The molecule has 5 rings (SSSR count). The number of carbonyl (C=O) groups is 1. The Morgan fingerprint density at radius 1 is 1.38 bits per heavy atom. The molecule has 2 fully saturated rings. The molecule has 1 aromatic carbocycles. The van der Waals surface area contributed by atoms with Gasteiger partial charge in [-0.15, -0.1) is 0 Å². The molecule has 1 amide bonds. The van der Waals surface area contributed by atoms with Gasteiger partial charge in [-0.05, 0) is 30.4 Å². The second kappa shape index (κ2) is 11.6. The number of nitrogen functional groups attached to an aromatic ring is 1. The molecule has 3 unspecified atom stereocenters. The van der Waals surface area contributed by atoms with Crippen LogP contribution in [-0.4, -0.2) is 78.4 Å². The van der Waals surface area contributed by atoms with Crippen LogP contribution in [0.25, 0.3) is 11.2 Å². The normalized spacial score (nSPS) is 26.1. The second-order valence-electron chi connectivity index (χ2n) is 9.11. The molecule has 5 atom stereocenters. The summed E-state index contributed by atoms with van der Waals surface area (Å²) in [6.07, 6.45) is -3.51. The number of ether oxygens (including phenoxy) is 1. The van der Waals surface area contributed by atoms with Gasteiger partial charge in [-0.3, -0.25) is 23.7 Å². The molecular formula is C21H26BN6O10PS. The zero-order chi connectivity index (χ0) is 28.6. The minimum atomic E-state index is -4.60. The van der Waals surface area contributed by atoms with Crippen LogP contribution in [0.3, 0.4) is 0 Å². The third kappa shape index (κ3) is 6.10. The number of hydrogen-bond donors (Lipinski definition) is 6. The third-order valence-electron chi connectivity index (χ3n) is 6.25. The number of thioether (sulfide) groups is 1. The number of carbonyl (C=O) groups excluding carboxylic acids is 1. The van der Waals surface area contributed by atoms with Crippen molar-refractivity contribution in [2.45, 2.75) is 49.0 Å². The first-order chi connectivity index (χ1) is 19.0. The molecule has 16 nitrogen and oxygen atoms in total. The maximum Gasteiger partial charge on any atom is 1.00 e. The number of nitrogens with one attached hydrogen (secondary N) is 2. The van der Waals surface area contributed by atoms with Crippen molar-refractivity contribution < 1.29 is 44.6 Å². The Morgan fingerprint density at radius 3 is 2.95 bits per heavy atom. The Bertz CT molecular complexity index is 1530. The lowest BCUT2D eigenvalue weighted by molar-refractivity contribution is -0.245. The van der Waals surface area contributed by atoms with Gasteiger partial charge >= 0.3 is 8.55 Å². The van der Waals surface area contributed by atoms with Crippen LogP contribution >= 0.6 is 19.6 Å². The van der Waals surface area contributed by atoms with E-state index in [0.29, 0.717) is 24.3 Å². The van der Waals surface area contributed by atoms with Gasteiger partial charge in [0.05, 0.1) is 6.61 Å². The van der Waals surface area contributed by atoms with E-state index in [1.165, 1.54) is 28.5 Å². The number of aliphatic hydroxyl groups excluding tert-OH is 1. The molecule has 2 aliphatic heterocycles. The van der Waals surface area contributed by atoms with Crippen molar-refractivity contribution >= 4 is 60.9 Å². The number of imidazole rings is 1. The molecule has 7 N–H and O–H groups in total. The molecule has 40 heavy (non-hydrogen) atoms. The van der Waals surface area contributed by atoms with Gasteiger partial charge in [0.2, 0.25) is 11.9 Å². The second-order valence-corrected chi connectivity index (χ2v) is 11.5. The van der Waals surface area contributed by atoms with Gasteiger partial charge in [0, 0.05) is 17.9 Å². The number of hydrogen-bond acceptors (Lipinski definition) is 14. The van der Waals surface area contributed by atoms with E-state index < -0.39 is 45.0 Å². The van der Waals surface area contributed by atoms with Crippen LogP contribution in [-0.2, 0) is 23.1 Å². The molecule has 0 bridgehead atoms. The van der Waals surface area contributed by atoms with Crippen molar-refractivity contribution in [2.75, 3.05) is 23.4 Å². The number of aromatic amines is 1. The molecule has 0 radical (unpaired) electrons. The average Bonchev–Trinajstić information content (AvgIpc) is 3.40. The number of aliphatic hydroxyl groups is 1. The van der Waals surface area contributed by atoms with Crippen molar-refractivity contribution in [3.05, 3.63) is 34.6 Å². The SMILES string of the molecule is Nc1nc2c(nc(SCCCCC(=O)Nc3cccc(B(O)O)c3)n2[C@@H]2OC3COP(=O)([O-])O[C@H]3C2O)c(=O)[nH]1.[H+]. The van der Waals surface area contributed by atoms with Crippen LogP contribution in [0.2, 0.25) is 0 Å². The molecule has 19 heteroatoms. The summed E-state index contributed by atoms with van der Waals surface area (Å²) in [7, 11) is -6.25. The zero-order valence-electron chi connectivity index (χ0n) is 21.7. The predicted molar refractivity (Wildman–Crippen MR) is 141 cm³/mol. The van der Waals surface area contributed by atoms with Gasteiger partial charge in [0.25, 0.3) is 13.4 Å². The summed E-state index contributed by atoms with van der Waals surface area (Å²) >= 11 is 1.22. The van der Waals surface area contributed by atoms with Gasteiger partial charge in [-0.1, -0.05) is 23.9 Å². The molecule has 2 saturated heterocycles. The Morgan fingerprint density at radius 2 is 2.17 bits per heavy atom. The summed E-state index contributed by atoms with van der Waals surface area (Å²) in [5.74, 6) is 0.0195. The Hall–Kier alpha value is -2.80. The van der Waals surface area contributed by atoms with Crippen molar-refractivity contribution in [2.24, 2.45) is 0 Å². The van der Waals surface area contributed by atoms with Gasteiger partial charge in [0.1, 0.15) is 18.3 Å². The number of benzene rings is 1. The first-order valence-electron chi connectivity index (χ1n) is 12.2. The van der Waals surface area contributed by atoms with Gasteiger partial charge in [-0.25, -0.2) is 4.98 Å². The highest BCUT2D eigenvalue weighted by Gasteiger charge is 2.51. The monoisotopic (exact) mass is 596 g/mol. The number of phosphoric ester groups is 1. The lowest BCUT2D eigenvalue weighted by atomic mass is 9.80. The first-order valence-corrected chi connectivity index (χ1v) is 14.6. The number of rotatable bonds is 9. The smallest absolute Gasteiger partial charge is 0.756 e. The van der Waals surface area contributed by atoms with E-state index in [-0.39, 0.29) is 48.1 Å². The fraction of sp³-hybridized carbons (Fsp3) is 0.429. The number of nitrogens with two attached hydrogens (primary N) is 1. The molecule has 3 aromatic rings. The lowest BCUT2D eigenvalue weighted by Crippen LogP contribution is -2.41. The van der Waals surface area contributed by atoms with Crippen molar-refractivity contribution in [1.82, 2.24) is 19.5 Å². The maximum absolute atomic E-state index is 12.5. The predicted octanol–water partition coefficient (Wildman–Crippen LogP) is -1.46. The molecule has 0 aliphatic carbocycles. The van der Waals surface area contributed by atoms with Crippen LogP contribution in [0.1, 0.15) is 26.9 Å². The van der Waals surface area contributed by atoms with E-state index in [1.807, 2.05) is 0 Å². The van der Waals surface area contributed by atoms with Gasteiger partial charge in [-0.2, -0.15) is 4.98 Å². The van der Waals surface area contributed by atoms with Crippen LogP contribution < -0.4 is 27.0 Å². The number of unbranched alkanes of at least 4 members (excludes halogenated alkanes) is 1. The largest absolute Gasteiger partial charge is 1.00 e. The van der Waals surface area contributed by atoms with E-state index in [9.17, 15) is 34.2 Å². The van der Waals surface area contributed by atoms with E-state index in [2.05, 4.69) is 24.8 Å². The Labute approximate surface area is 232 Å². The minimum Gasteiger partial charge on any atom is -0.756 e. The Balaban J connectivity index is 0.00000387. The number of aromatic nitrogens is 4. The van der Waals surface area contributed by atoms with Gasteiger partial charge in [0.15, 0.2) is 22.5 Å². The summed E-state index contributed by atoms with van der Waals surface area (Å²) in [5, 5.41) is 32.4. The molecule has 2 aliphatic rings. The van der Waals surface area contributed by atoms with Crippen LogP contribution in [0.5, 0.6) is 0 Å². The van der Waals surface area contributed by atoms with Crippen molar-refractivity contribution in [3.8, 4) is 0 Å². The number of anilines is 2. The standard InChI is InChI=1S/C21H26BN6O10PS/c23-20-26-17-14(18(31)27-20)25-21(28(17)19-15(30)16-12(37-19)9-36-39(34,35)38-16)40-7-2-1-6-13(29)24-11-5-3-4-10(8-11)22(32)33/h3-5,8,12,15-16,19,30,32-33H,1-2,6-7,9H2,(H,24,29)(H,34,35)(H3,23,26,27,31)/t12?,15?,16-,19-/m1/s1. The van der Waals surface area contributed by atoms with E-state index in [1.54, 1.807) is 12.1 Å². The lowest BCUT2D eigenvalue weighted by Gasteiger charge is -2.34. The van der Waals surface area contributed by atoms with Crippen LogP contribution in [0.4, 0.5) is 11.6 Å². The fourth-order valence-corrected chi connectivity index (χ4v) is 6.37. The molecule has 4 heterocycles. The van der Waals surface area contributed by atoms with Crippen molar-refractivity contribution in [1.29, 1.82) is 0 Å². The van der Waals surface area contributed by atoms with Gasteiger partial charge < -0.3 is 44.9 Å². The highest BCUT2D eigenvalue weighted by atomic mass is 32.2. The maximum atomic E-state index is 12.5. The molecular weight excluding hydrogens is 570 g/mol. The molecule has 0 spiro atoms. The van der Waals surface area contributed by atoms with E-state index >= 15 is 0 Å². The Kier molecular flexibility index (Phi) is 8.33. The first kappa shape index (κ1) is 28.7. The summed E-state index contributed by atoms with van der Waals surface area (Å²) in [4.78, 5) is 47.5. The summed E-state index contributed by atoms with van der Waals surface area (Å²) < 4.78 is 28.6. The highest BCUT2D eigenvalue weighted by Crippen LogP contribution is 2.50. The van der Waals surface area contributed by atoms with Crippen molar-refractivity contribution in [3.63, 3.8) is 0 Å². The molecule has 214 valence electrons. The quantitative estimate of drug-likeness (QED) is 0.0715. The van der Waals surface area contributed by atoms with Crippen LogP contribution in [0.15, 0.2) is 34.2 Å². The fourth-order valence-electron chi connectivity index (χ4n) is 4.41. The molecule has 0 saturated carbocycles. The number of fused-ring (bicyclic) bond motifs is 2. The minimum absolute atomic E-state index is 0. The highest BCUT2D eigenvalue weighted by molar-refractivity contribution is 7.99. The van der Waals surface area contributed by atoms with Crippen LogP contribution in [0, 0.1) is 0 Å².